The number of quaternary nitrogens is 1. The molecule has 8 nitrogen and oxygen atoms in total. The largest absolute Gasteiger partial charge is 0.472 e. The minimum Gasteiger partial charge on any atom is -0.457 e. The molecule has 2 atom stereocenters. The second-order valence-corrected chi connectivity index (χ2v) is 17.9. The van der Waals surface area contributed by atoms with Gasteiger partial charge in [-0.15, -0.1) is 0 Å². The molecule has 0 radical (unpaired) electrons. The lowest BCUT2D eigenvalue weighted by molar-refractivity contribution is -0.870. The first-order valence-corrected chi connectivity index (χ1v) is 24.1. The first-order valence-electron chi connectivity index (χ1n) is 22.6. The number of carbonyl (C=O) groups excluding carboxylic acids is 1. The van der Waals surface area contributed by atoms with E-state index < -0.39 is 13.9 Å². The molecule has 0 aliphatic heterocycles. The van der Waals surface area contributed by atoms with Crippen molar-refractivity contribution in [2.75, 3.05) is 54.1 Å². The van der Waals surface area contributed by atoms with Gasteiger partial charge in [0.1, 0.15) is 19.3 Å². The molecule has 0 aromatic heterocycles. The van der Waals surface area contributed by atoms with E-state index in [2.05, 4.69) is 38.2 Å². The number of hydrogen-bond acceptors (Lipinski definition) is 6. The fourth-order valence-corrected chi connectivity index (χ4v) is 6.98. The SMILES string of the molecule is CCC/C=C\C/C=C\CCCCCCCC(=O)OC(COCCCCCCCCCCCCCCCCCCCCC)COP(=O)(O)OCC[N+](C)(C)C. The number of phosphoric acid groups is 1. The van der Waals surface area contributed by atoms with E-state index in [1.54, 1.807) is 0 Å². The van der Waals surface area contributed by atoms with E-state index in [1.807, 2.05) is 21.1 Å². The van der Waals surface area contributed by atoms with Crippen molar-refractivity contribution in [3.63, 3.8) is 0 Å². The molecule has 0 saturated heterocycles. The van der Waals surface area contributed by atoms with Gasteiger partial charge < -0.3 is 18.9 Å². The Bertz CT molecular complexity index is 920. The molecule has 0 saturated carbocycles. The molecule has 9 heteroatoms. The second-order valence-electron chi connectivity index (χ2n) is 16.4. The summed E-state index contributed by atoms with van der Waals surface area (Å²) >= 11 is 0. The number of ether oxygens (including phenoxy) is 2. The maximum atomic E-state index is 12.7. The van der Waals surface area contributed by atoms with E-state index in [0.29, 0.717) is 24.1 Å². The lowest BCUT2D eigenvalue weighted by atomic mass is 10.0. The number of rotatable bonds is 42. The van der Waals surface area contributed by atoms with Gasteiger partial charge in [-0.05, 0) is 38.5 Å². The predicted octanol–water partition coefficient (Wildman–Crippen LogP) is 13.2. The van der Waals surface area contributed by atoms with Crippen molar-refractivity contribution in [2.45, 2.75) is 206 Å². The molecule has 1 N–H and O–H groups in total. The lowest BCUT2D eigenvalue weighted by Crippen LogP contribution is -2.37. The first-order chi connectivity index (χ1) is 26.1. The van der Waals surface area contributed by atoms with Crippen molar-refractivity contribution in [1.29, 1.82) is 0 Å². The molecular weight excluding hydrogens is 697 g/mol. The molecule has 0 spiro atoms. The monoisotopic (exact) mass is 787 g/mol. The number of nitrogens with zero attached hydrogens (tertiary/aromatic N) is 1. The summed E-state index contributed by atoms with van der Waals surface area (Å²) in [6, 6.07) is 0. The fraction of sp³-hybridized carbons (Fsp3) is 0.889. The highest BCUT2D eigenvalue weighted by Gasteiger charge is 2.26. The van der Waals surface area contributed by atoms with Gasteiger partial charge in [0.15, 0.2) is 0 Å². The van der Waals surface area contributed by atoms with Crippen molar-refractivity contribution in [1.82, 2.24) is 0 Å². The molecule has 2 unspecified atom stereocenters. The zero-order valence-electron chi connectivity index (χ0n) is 36.2. The molecule has 0 aliphatic rings. The second kappa shape index (κ2) is 38.8. The number of hydrogen-bond donors (Lipinski definition) is 1. The maximum Gasteiger partial charge on any atom is 0.472 e. The van der Waals surface area contributed by atoms with Crippen LogP contribution in [0.25, 0.3) is 0 Å². The summed E-state index contributed by atoms with van der Waals surface area (Å²) in [6.07, 6.45) is 43.5. The molecule has 0 amide bonds. The number of likely N-dealkylation sites (N-methyl/N-ethyl adjacent to an activating group) is 1. The fourth-order valence-electron chi connectivity index (χ4n) is 6.24. The van der Waals surface area contributed by atoms with E-state index in [9.17, 15) is 14.3 Å². The van der Waals surface area contributed by atoms with Crippen molar-refractivity contribution < 1.29 is 37.3 Å². The minimum absolute atomic E-state index is 0.0876. The Balaban J connectivity index is 4.17. The third kappa shape index (κ3) is 42.1. The highest BCUT2D eigenvalue weighted by atomic mass is 31.2. The third-order valence-electron chi connectivity index (χ3n) is 9.75. The zero-order valence-corrected chi connectivity index (χ0v) is 37.1. The predicted molar refractivity (Wildman–Crippen MR) is 229 cm³/mol. The van der Waals surface area contributed by atoms with Crippen LogP contribution in [0, 0.1) is 0 Å². The van der Waals surface area contributed by atoms with E-state index in [4.69, 9.17) is 18.5 Å². The maximum absolute atomic E-state index is 12.7. The smallest absolute Gasteiger partial charge is 0.457 e. The van der Waals surface area contributed by atoms with Crippen molar-refractivity contribution >= 4 is 13.8 Å². The molecular formula is C45H89NO7P+. The summed E-state index contributed by atoms with van der Waals surface area (Å²) in [4.78, 5) is 22.9. The highest BCUT2D eigenvalue weighted by molar-refractivity contribution is 7.47. The van der Waals surface area contributed by atoms with Gasteiger partial charge in [-0.1, -0.05) is 179 Å². The number of unbranched alkanes of at least 4 members (excludes halogenated alkanes) is 24. The Kier molecular flexibility index (Phi) is 38.1. The van der Waals surface area contributed by atoms with Gasteiger partial charge in [-0.2, -0.15) is 0 Å². The molecule has 0 fully saturated rings. The number of carbonyl (C=O) groups is 1. The van der Waals surface area contributed by atoms with Crippen LogP contribution < -0.4 is 0 Å². The van der Waals surface area contributed by atoms with Crippen LogP contribution in [0.3, 0.4) is 0 Å². The Labute approximate surface area is 334 Å². The first kappa shape index (κ1) is 53.0. The van der Waals surface area contributed by atoms with E-state index >= 15 is 0 Å². The summed E-state index contributed by atoms with van der Waals surface area (Å²) in [5.41, 5.74) is 0. The molecule has 0 heterocycles. The molecule has 0 aromatic carbocycles. The van der Waals surface area contributed by atoms with Crippen LogP contribution in [-0.2, 0) is 27.9 Å². The van der Waals surface area contributed by atoms with E-state index in [0.717, 1.165) is 64.2 Å². The van der Waals surface area contributed by atoms with Crippen molar-refractivity contribution in [3.8, 4) is 0 Å². The van der Waals surface area contributed by atoms with Crippen molar-refractivity contribution in [2.24, 2.45) is 0 Å². The number of phosphoric ester groups is 1. The third-order valence-corrected chi connectivity index (χ3v) is 10.7. The van der Waals surface area contributed by atoms with E-state index in [-0.39, 0.29) is 25.8 Å². The Morgan fingerprint density at radius 3 is 1.57 bits per heavy atom. The summed E-state index contributed by atoms with van der Waals surface area (Å²) in [5.74, 6) is -0.325. The molecule has 0 aliphatic carbocycles. The van der Waals surface area contributed by atoms with Crippen LogP contribution >= 0.6 is 7.82 Å². The average Bonchev–Trinajstić information content (AvgIpc) is 3.12. The molecule has 0 aromatic rings. The molecule has 0 rings (SSSR count). The van der Waals surface area contributed by atoms with Crippen LogP contribution in [0.5, 0.6) is 0 Å². The van der Waals surface area contributed by atoms with Gasteiger partial charge in [-0.25, -0.2) is 4.57 Å². The topological polar surface area (TPSA) is 91.3 Å². The van der Waals surface area contributed by atoms with Gasteiger partial charge in [0.25, 0.3) is 0 Å². The summed E-state index contributed by atoms with van der Waals surface area (Å²) in [5, 5.41) is 0. The van der Waals surface area contributed by atoms with Crippen LogP contribution in [0.15, 0.2) is 24.3 Å². The van der Waals surface area contributed by atoms with Crippen LogP contribution in [0.2, 0.25) is 0 Å². The lowest BCUT2D eigenvalue weighted by Gasteiger charge is -2.24. The standard InChI is InChI=1S/C45H88NO7P/c1-6-8-10-12-14-16-18-20-21-22-23-24-25-27-29-31-33-35-37-40-50-42-44(43-52-54(48,49)51-41-39-46(3,4)5)53-45(47)38-36-34-32-30-28-26-19-17-15-13-11-9-7-2/h11,13,17,19,44H,6-10,12,14-16,18,20-43H2,1-5H3/p+1/b13-11-,19-17-. The van der Waals surface area contributed by atoms with Crippen molar-refractivity contribution in [3.05, 3.63) is 24.3 Å². The highest BCUT2D eigenvalue weighted by Crippen LogP contribution is 2.43. The van der Waals surface area contributed by atoms with Gasteiger partial charge in [0.05, 0.1) is 34.4 Å². The van der Waals surface area contributed by atoms with Crippen LogP contribution in [0.4, 0.5) is 0 Å². The van der Waals surface area contributed by atoms with Crippen LogP contribution in [0.1, 0.15) is 200 Å². The molecule has 0 bridgehead atoms. The minimum atomic E-state index is -4.27. The molecule has 54 heavy (non-hydrogen) atoms. The van der Waals surface area contributed by atoms with E-state index in [1.165, 1.54) is 116 Å². The Morgan fingerprint density at radius 1 is 0.574 bits per heavy atom. The number of allylic oxidation sites excluding steroid dienone is 4. The van der Waals surface area contributed by atoms with Gasteiger partial charge in [-0.3, -0.25) is 13.8 Å². The number of esters is 1. The van der Waals surface area contributed by atoms with Gasteiger partial charge in [0, 0.05) is 13.0 Å². The Hall–Kier alpha value is -1.02. The van der Waals surface area contributed by atoms with Gasteiger partial charge in [0.2, 0.25) is 0 Å². The summed E-state index contributed by atoms with van der Waals surface area (Å²) in [6.45, 7) is 5.57. The summed E-state index contributed by atoms with van der Waals surface area (Å²) < 4.78 is 35.0. The molecule has 320 valence electrons. The summed E-state index contributed by atoms with van der Waals surface area (Å²) in [7, 11) is 1.66. The van der Waals surface area contributed by atoms with Crippen LogP contribution in [-0.4, -0.2) is 75.6 Å². The Morgan fingerprint density at radius 2 is 1.06 bits per heavy atom. The quantitative estimate of drug-likeness (QED) is 0.0217. The zero-order chi connectivity index (χ0) is 39.9. The van der Waals surface area contributed by atoms with Gasteiger partial charge >= 0.3 is 13.8 Å². The average molecular weight is 787 g/mol. The normalized spacial score (nSPS) is 14.0.